The van der Waals surface area contributed by atoms with Gasteiger partial charge in [-0.3, -0.25) is 14.6 Å². The number of benzene rings is 1. The number of morpholine rings is 1. The highest BCUT2D eigenvalue weighted by atomic mass is 16.6. The molecule has 0 radical (unpaired) electrons. The lowest BCUT2D eigenvalue weighted by atomic mass is 9.55. The van der Waals surface area contributed by atoms with Crippen molar-refractivity contribution in [3.63, 3.8) is 0 Å². The molecule has 4 aliphatic rings. The van der Waals surface area contributed by atoms with Crippen LogP contribution in [0.25, 0.3) is 0 Å². The topological polar surface area (TPSA) is 60.5 Å². The molecule has 7 heteroatoms. The summed E-state index contributed by atoms with van der Waals surface area (Å²) < 4.78 is 22.8. The number of hydrogen-bond donors (Lipinski definition) is 0. The van der Waals surface area contributed by atoms with Gasteiger partial charge in [0.1, 0.15) is 17.6 Å². The zero-order chi connectivity index (χ0) is 26.0. The van der Waals surface area contributed by atoms with Crippen molar-refractivity contribution >= 4 is 5.97 Å². The van der Waals surface area contributed by atoms with Crippen molar-refractivity contribution in [2.24, 2.45) is 23.2 Å². The summed E-state index contributed by atoms with van der Waals surface area (Å²) in [5.41, 5.74) is 2.68. The number of ether oxygens (including phenoxy) is 4. The Morgan fingerprint density at radius 1 is 1.22 bits per heavy atom. The van der Waals surface area contributed by atoms with Gasteiger partial charge in [0.25, 0.3) is 0 Å². The van der Waals surface area contributed by atoms with Crippen molar-refractivity contribution in [1.82, 2.24) is 9.80 Å². The molecule has 0 N–H and O–H groups in total. The Hall–Kier alpha value is -2.09. The normalized spacial score (nSPS) is 32.1. The molecular weight excluding hydrogens is 468 g/mol. The first-order valence-electron chi connectivity index (χ1n) is 14.0. The third kappa shape index (κ3) is 5.69. The smallest absolute Gasteiger partial charge is 0.310 e. The summed E-state index contributed by atoms with van der Waals surface area (Å²) >= 11 is 0. The van der Waals surface area contributed by atoms with E-state index in [1.807, 2.05) is 12.1 Å². The van der Waals surface area contributed by atoms with Crippen LogP contribution in [0.5, 0.6) is 11.5 Å². The first kappa shape index (κ1) is 26.5. The van der Waals surface area contributed by atoms with Crippen LogP contribution in [-0.2, 0) is 20.8 Å². The summed E-state index contributed by atoms with van der Waals surface area (Å²) in [4.78, 5) is 18.2. The predicted molar refractivity (Wildman–Crippen MR) is 143 cm³/mol. The molecule has 37 heavy (non-hydrogen) atoms. The average molecular weight is 513 g/mol. The quantitative estimate of drug-likeness (QED) is 0.364. The van der Waals surface area contributed by atoms with Crippen LogP contribution in [0.4, 0.5) is 0 Å². The molecule has 5 rings (SSSR count). The minimum absolute atomic E-state index is 0.0168. The maximum absolute atomic E-state index is 13.3. The summed E-state index contributed by atoms with van der Waals surface area (Å²) in [6.45, 7) is 13.5. The number of esters is 1. The van der Waals surface area contributed by atoms with Crippen LogP contribution >= 0.6 is 0 Å². The Balaban J connectivity index is 1.35. The first-order valence-corrected chi connectivity index (χ1v) is 14.0. The number of carbonyl (C=O) groups excluding carboxylic acids is 1. The summed E-state index contributed by atoms with van der Waals surface area (Å²) in [5.74, 6) is 2.29. The number of carbonyl (C=O) groups is 1. The van der Waals surface area contributed by atoms with Crippen molar-refractivity contribution in [2.45, 2.75) is 51.7 Å². The number of rotatable bonds is 9. The molecule has 0 bridgehead atoms. The lowest BCUT2D eigenvalue weighted by molar-refractivity contribution is -0.146. The highest BCUT2D eigenvalue weighted by Gasteiger charge is 2.55. The second-order valence-corrected chi connectivity index (χ2v) is 11.8. The van der Waals surface area contributed by atoms with E-state index in [0.29, 0.717) is 19.0 Å². The molecule has 1 aromatic carbocycles. The van der Waals surface area contributed by atoms with E-state index in [1.165, 1.54) is 18.4 Å². The Morgan fingerprint density at radius 3 is 2.78 bits per heavy atom. The standard InChI is InChI=1S/C30H44N2O5/c1-21-6-5-9-30(2)18-28-24(17-26(21)30)25(29(33)37-28)20-32(11-10-31-12-14-36-15-13-31)19-22-16-23(34-3)7-8-27(22)35-4/h7-8,16,24-26,28H,1,5-6,9-15,17-20H2,2-4H3/t24-,25-,26-,28-,30-/m1/s1. The Kier molecular flexibility index (Phi) is 8.13. The van der Waals surface area contributed by atoms with Crippen LogP contribution < -0.4 is 9.47 Å². The zero-order valence-electron chi connectivity index (χ0n) is 22.9. The summed E-state index contributed by atoms with van der Waals surface area (Å²) in [7, 11) is 3.39. The van der Waals surface area contributed by atoms with Crippen LogP contribution in [0.3, 0.4) is 0 Å². The third-order valence-corrected chi connectivity index (χ3v) is 9.49. The fraction of sp³-hybridized carbons (Fsp3) is 0.700. The van der Waals surface area contributed by atoms with Crippen LogP contribution in [0.15, 0.2) is 30.4 Å². The van der Waals surface area contributed by atoms with Gasteiger partial charge in [0, 0.05) is 50.7 Å². The molecule has 0 unspecified atom stereocenters. The van der Waals surface area contributed by atoms with E-state index in [2.05, 4.69) is 29.4 Å². The SMILES string of the molecule is C=C1CCC[C@]2(C)C[C@H]3OC(=O)[C@H](CN(CCN4CCOCC4)Cc4cc(OC)ccc4OC)[C@H]3C[C@H]12. The highest BCUT2D eigenvalue weighted by molar-refractivity contribution is 5.75. The molecule has 2 aliphatic carbocycles. The maximum Gasteiger partial charge on any atom is 0.310 e. The third-order valence-electron chi connectivity index (χ3n) is 9.49. The number of hydrogen-bond acceptors (Lipinski definition) is 7. The van der Waals surface area contributed by atoms with Gasteiger partial charge in [-0.15, -0.1) is 0 Å². The van der Waals surface area contributed by atoms with Crippen LogP contribution in [0, 0.1) is 23.2 Å². The number of methoxy groups -OCH3 is 2. The minimum Gasteiger partial charge on any atom is -0.497 e. The molecule has 5 atom stereocenters. The summed E-state index contributed by atoms with van der Waals surface area (Å²) in [6, 6.07) is 5.94. The van der Waals surface area contributed by atoms with Crippen LogP contribution in [-0.4, -0.2) is 82.0 Å². The van der Waals surface area contributed by atoms with E-state index in [9.17, 15) is 4.79 Å². The lowest BCUT2D eigenvalue weighted by Gasteiger charge is -2.50. The van der Waals surface area contributed by atoms with Gasteiger partial charge in [-0.1, -0.05) is 19.1 Å². The molecule has 0 aromatic heterocycles. The molecule has 2 saturated carbocycles. The van der Waals surface area contributed by atoms with Crippen molar-refractivity contribution in [2.75, 3.05) is 60.2 Å². The van der Waals surface area contributed by atoms with Gasteiger partial charge in [-0.05, 0) is 61.6 Å². The zero-order valence-corrected chi connectivity index (χ0v) is 22.9. The van der Waals surface area contributed by atoms with Crippen molar-refractivity contribution in [1.29, 1.82) is 0 Å². The van der Waals surface area contributed by atoms with Gasteiger partial charge in [0.05, 0.1) is 33.4 Å². The van der Waals surface area contributed by atoms with Crippen molar-refractivity contribution in [3.8, 4) is 11.5 Å². The Bertz CT molecular complexity index is 977. The largest absolute Gasteiger partial charge is 0.497 e. The molecular formula is C30H44N2O5. The molecule has 2 aliphatic heterocycles. The van der Waals surface area contributed by atoms with E-state index in [1.54, 1.807) is 14.2 Å². The summed E-state index contributed by atoms with van der Waals surface area (Å²) in [5, 5.41) is 0. The van der Waals surface area contributed by atoms with E-state index in [4.69, 9.17) is 18.9 Å². The Morgan fingerprint density at radius 2 is 2.03 bits per heavy atom. The van der Waals surface area contributed by atoms with Gasteiger partial charge in [-0.25, -0.2) is 0 Å². The fourth-order valence-electron chi connectivity index (χ4n) is 7.33. The van der Waals surface area contributed by atoms with Gasteiger partial charge in [0.15, 0.2) is 0 Å². The molecule has 2 heterocycles. The van der Waals surface area contributed by atoms with Crippen molar-refractivity contribution in [3.05, 3.63) is 35.9 Å². The number of allylic oxidation sites excluding steroid dienone is 1. The second kappa shape index (κ2) is 11.3. The van der Waals surface area contributed by atoms with Crippen molar-refractivity contribution < 1.29 is 23.7 Å². The molecule has 2 saturated heterocycles. The fourth-order valence-corrected chi connectivity index (χ4v) is 7.33. The molecule has 7 nitrogen and oxygen atoms in total. The van der Waals surface area contributed by atoms with Gasteiger partial charge >= 0.3 is 5.97 Å². The van der Waals surface area contributed by atoms with Crippen LogP contribution in [0.2, 0.25) is 0 Å². The highest BCUT2D eigenvalue weighted by Crippen LogP contribution is 2.57. The molecule has 204 valence electrons. The van der Waals surface area contributed by atoms with Gasteiger partial charge < -0.3 is 18.9 Å². The predicted octanol–water partition coefficient (Wildman–Crippen LogP) is 4.15. The second-order valence-electron chi connectivity index (χ2n) is 11.8. The number of fused-ring (bicyclic) bond motifs is 2. The van der Waals surface area contributed by atoms with E-state index in [-0.39, 0.29) is 29.3 Å². The molecule has 1 aromatic rings. The molecule has 4 fully saturated rings. The molecule has 0 amide bonds. The lowest BCUT2D eigenvalue weighted by Crippen LogP contribution is -2.46. The summed E-state index contributed by atoms with van der Waals surface area (Å²) in [6.07, 6.45) is 5.58. The first-order chi connectivity index (χ1) is 17.9. The van der Waals surface area contributed by atoms with Gasteiger partial charge in [-0.2, -0.15) is 0 Å². The van der Waals surface area contributed by atoms with Crippen LogP contribution in [0.1, 0.15) is 44.6 Å². The van der Waals surface area contributed by atoms with E-state index < -0.39 is 0 Å². The Labute approximate surface area is 222 Å². The molecule has 0 spiro atoms. The monoisotopic (exact) mass is 512 g/mol. The van der Waals surface area contributed by atoms with E-state index >= 15 is 0 Å². The minimum atomic E-state index is -0.106. The van der Waals surface area contributed by atoms with E-state index in [0.717, 1.165) is 75.7 Å². The van der Waals surface area contributed by atoms with Gasteiger partial charge in [0.2, 0.25) is 0 Å². The number of nitrogens with zero attached hydrogens (tertiary/aromatic N) is 2. The average Bonchev–Trinajstić information content (AvgIpc) is 3.19. The maximum atomic E-state index is 13.3.